The molecule has 2 fully saturated rings. The van der Waals surface area contributed by atoms with E-state index >= 15 is 0 Å². The molecule has 0 bridgehead atoms. The minimum Gasteiger partial charge on any atom is -0.393 e. The summed E-state index contributed by atoms with van der Waals surface area (Å²) in [4.78, 5) is 0. The van der Waals surface area contributed by atoms with Gasteiger partial charge in [0.05, 0.1) is 6.10 Å². The number of aliphatic hydroxyl groups excluding tert-OH is 1. The molecular weight excluding hydrogens is 196 g/mol. The number of aliphatic hydroxyl groups is 1. The van der Waals surface area contributed by atoms with E-state index in [0.717, 1.165) is 11.8 Å². The first-order valence-electron chi connectivity index (χ1n) is 7.38. The van der Waals surface area contributed by atoms with E-state index < -0.39 is 0 Å². The Labute approximate surface area is 101 Å². The maximum Gasteiger partial charge on any atom is 0.0596 e. The van der Waals surface area contributed by atoms with Crippen molar-refractivity contribution in [2.75, 3.05) is 0 Å². The average molecular weight is 224 g/mol. The van der Waals surface area contributed by atoms with E-state index in [9.17, 15) is 5.11 Å². The van der Waals surface area contributed by atoms with Gasteiger partial charge in [-0.05, 0) is 49.4 Å². The molecule has 0 aromatic heterocycles. The van der Waals surface area contributed by atoms with E-state index in [1.165, 1.54) is 51.4 Å². The molecule has 2 aliphatic rings. The summed E-state index contributed by atoms with van der Waals surface area (Å²) in [5.74, 6) is 2.99. The van der Waals surface area contributed by atoms with Gasteiger partial charge in [0, 0.05) is 0 Å². The van der Waals surface area contributed by atoms with Crippen LogP contribution in [0, 0.1) is 23.7 Å². The maximum atomic E-state index is 10.5. The molecule has 5 atom stereocenters. The quantitative estimate of drug-likeness (QED) is 0.768. The molecule has 0 saturated heterocycles. The first-order valence-corrected chi connectivity index (χ1v) is 7.38. The van der Waals surface area contributed by atoms with Crippen LogP contribution in [0.3, 0.4) is 0 Å². The van der Waals surface area contributed by atoms with Crippen molar-refractivity contribution in [2.45, 2.75) is 71.3 Å². The summed E-state index contributed by atoms with van der Waals surface area (Å²) in [6.45, 7) is 4.64. The van der Waals surface area contributed by atoms with E-state index in [0.29, 0.717) is 11.8 Å². The molecular formula is C15H28O. The Bertz CT molecular complexity index is 213. The highest BCUT2D eigenvalue weighted by Gasteiger charge is 2.34. The topological polar surface area (TPSA) is 20.2 Å². The van der Waals surface area contributed by atoms with Crippen molar-refractivity contribution in [3.63, 3.8) is 0 Å². The van der Waals surface area contributed by atoms with Crippen LogP contribution < -0.4 is 0 Å². The molecule has 0 aromatic rings. The van der Waals surface area contributed by atoms with Gasteiger partial charge in [0.25, 0.3) is 0 Å². The largest absolute Gasteiger partial charge is 0.393 e. The standard InChI is InChI=1S/C15H28O/c1-3-12-7-8-14(10-12)15(16)13-6-4-5-11(2)9-13/h11-16H,3-10H2,1-2H3. The molecule has 0 aromatic carbocycles. The number of rotatable bonds is 3. The van der Waals surface area contributed by atoms with Crippen LogP contribution in [0.25, 0.3) is 0 Å². The normalized spacial score (nSPS) is 42.2. The van der Waals surface area contributed by atoms with Crippen LogP contribution >= 0.6 is 0 Å². The Morgan fingerprint density at radius 1 is 1.06 bits per heavy atom. The molecule has 0 amide bonds. The van der Waals surface area contributed by atoms with Gasteiger partial charge in [-0.1, -0.05) is 39.5 Å². The lowest BCUT2D eigenvalue weighted by atomic mass is 9.76. The second-order valence-electron chi connectivity index (χ2n) is 6.37. The van der Waals surface area contributed by atoms with E-state index in [2.05, 4.69) is 13.8 Å². The van der Waals surface area contributed by atoms with Crippen LogP contribution in [0.2, 0.25) is 0 Å². The van der Waals surface area contributed by atoms with Crippen molar-refractivity contribution in [1.82, 2.24) is 0 Å². The predicted molar refractivity (Wildman–Crippen MR) is 68.3 cm³/mol. The highest BCUT2D eigenvalue weighted by molar-refractivity contribution is 4.86. The summed E-state index contributed by atoms with van der Waals surface area (Å²) in [7, 11) is 0. The summed E-state index contributed by atoms with van der Waals surface area (Å²) in [5, 5.41) is 10.5. The van der Waals surface area contributed by atoms with Crippen molar-refractivity contribution < 1.29 is 5.11 Å². The Kier molecular flexibility index (Phi) is 4.29. The SMILES string of the molecule is CCC1CCC(C(O)C2CCCC(C)C2)C1. The van der Waals surface area contributed by atoms with E-state index in [1.54, 1.807) is 0 Å². The van der Waals surface area contributed by atoms with E-state index in [4.69, 9.17) is 0 Å². The zero-order chi connectivity index (χ0) is 11.5. The van der Waals surface area contributed by atoms with Gasteiger partial charge < -0.3 is 5.11 Å². The maximum absolute atomic E-state index is 10.5. The van der Waals surface area contributed by atoms with Gasteiger partial charge in [-0.3, -0.25) is 0 Å². The molecule has 0 heterocycles. The molecule has 94 valence electrons. The zero-order valence-electron chi connectivity index (χ0n) is 11.0. The van der Waals surface area contributed by atoms with Crippen LogP contribution in [0.1, 0.15) is 65.2 Å². The zero-order valence-corrected chi connectivity index (χ0v) is 11.0. The third-order valence-corrected chi connectivity index (χ3v) is 5.10. The minimum absolute atomic E-state index is 0.0132. The van der Waals surface area contributed by atoms with Crippen molar-refractivity contribution in [3.8, 4) is 0 Å². The van der Waals surface area contributed by atoms with Gasteiger partial charge in [0.15, 0.2) is 0 Å². The molecule has 0 radical (unpaired) electrons. The lowest BCUT2D eigenvalue weighted by molar-refractivity contribution is 0.0248. The molecule has 1 N–H and O–H groups in total. The summed E-state index contributed by atoms with van der Waals surface area (Å²) >= 11 is 0. The van der Waals surface area contributed by atoms with Crippen LogP contribution in [0.15, 0.2) is 0 Å². The summed E-state index contributed by atoms with van der Waals surface area (Å²) in [5.41, 5.74) is 0. The lowest BCUT2D eigenvalue weighted by Gasteiger charge is -2.33. The van der Waals surface area contributed by atoms with Gasteiger partial charge >= 0.3 is 0 Å². The average Bonchev–Trinajstić information content (AvgIpc) is 2.76. The Balaban J connectivity index is 1.84. The van der Waals surface area contributed by atoms with Crippen LogP contribution in [0.5, 0.6) is 0 Å². The monoisotopic (exact) mass is 224 g/mol. The third kappa shape index (κ3) is 2.80. The fraction of sp³-hybridized carbons (Fsp3) is 1.00. The van der Waals surface area contributed by atoms with Crippen LogP contribution in [-0.2, 0) is 0 Å². The van der Waals surface area contributed by atoms with Gasteiger partial charge in [0.1, 0.15) is 0 Å². The van der Waals surface area contributed by atoms with Crippen LogP contribution in [-0.4, -0.2) is 11.2 Å². The fourth-order valence-corrected chi connectivity index (χ4v) is 3.97. The second-order valence-corrected chi connectivity index (χ2v) is 6.37. The lowest BCUT2D eigenvalue weighted by Crippen LogP contribution is -2.31. The van der Waals surface area contributed by atoms with Gasteiger partial charge in [-0.15, -0.1) is 0 Å². The summed E-state index contributed by atoms with van der Waals surface area (Å²) < 4.78 is 0. The fourth-order valence-electron chi connectivity index (χ4n) is 3.97. The highest BCUT2D eigenvalue weighted by Crippen LogP contribution is 2.40. The molecule has 2 saturated carbocycles. The van der Waals surface area contributed by atoms with E-state index in [-0.39, 0.29) is 6.10 Å². The first-order chi connectivity index (χ1) is 7.70. The van der Waals surface area contributed by atoms with Crippen molar-refractivity contribution in [3.05, 3.63) is 0 Å². The molecule has 2 rings (SSSR count). The van der Waals surface area contributed by atoms with Crippen molar-refractivity contribution >= 4 is 0 Å². The van der Waals surface area contributed by atoms with E-state index in [1.807, 2.05) is 0 Å². The van der Waals surface area contributed by atoms with Crippen LogP contribution in [0.4, 0.5) is 0 Å². The van der Waals surface area contributed by atoms with Gasteiger partial charge in [-0.2, -0.15) is 0 Å². The van der Waals surface area contributed by atoms with Gasteiger partial charge in [-0.25, -0.2) is 0 Å². The second kappa shape index (κ2) is 5.53. The Hall–Kier alpha value is -0.0400. The number of hydrogen-bond acceptors (Lipinski definition) is 1. The van der Waals surface area contributed by atoms with Crippen molar-refractivity contribution in [2.24, 2.45) is 23.7 Å². The summed E-state index contributed by atoms with van der Waals surface area (Å²) in [6.07, 6.45) is 10.5. The van der Waals surface area contributed by atoms with Gasteiger partial charge in [0.2, 0.25) is 0 Å². The molecule has 1 heteroatoms. The summed E-state index contributed by atoms with van der Waals surface area (Å²) in [6, 6.07) is 0. The Morgan fingerprint density at radius 2 is 1.81 bits per heavy atom. The molecule has 1 nitrogen and oxygen atoms in total. The molecule has 5 unspecified atom stereocenters. The third-order valence-electron chi connectivity index (χ3n) is 5.10. The first kappa shape index (κ1) is 12.4. The highest BCUT2D eigenvalue weighted by atomic mass is 16.3. The Morgan fingerprint density at radius 3 is 2.44 bits per heavy atom. The molecule has 0 aliphatic heterocycles. The predicted octanol–water partition coefficient (Wildman–Crippen LogP) is 4.00. The molecule has 0 spiro atoms. The van der Waals surface area contributed by atoms with Crippen molar-refractivity contribution in [1.29, 1.82) is 0 Å². The smallest absolute Gasteiger partial charge is 0.0596 e. The number of hydrogen-bond donors (Lipinski definition) is 1. The molecule has 2 aliphatic carbocycles. The molecule has 16 heavy (non-hydrogen) atoms. The minimum atomic E-state index is 0.0132.